The van der Waals surface area contributed by atoms with Crippen molar-refractivity contribution in [3.63, 3.8) is 0 Å². The van der Waals surface area contributed by atoms with Gasteiger partial charge in [0.25, 0.3) is 0 Å². The van der Waals surface area contributed by atoms with Crippen LogP contribution in [0.5, 0.6) is 0 Å². The van der Waals surface area contributed by atoms with E-state index < -0.39 is 9.84 Å². The summed E-state index contributed by atoms with van der Waals surface area (Å²) in [5.74, 6) is 0.139. The molecule has 1 atom stereocenters. The fourth-order valence-electron chi connectivity index (χ4n) is 1.34. The van der Waals surface area contributed by atoms with Gasteiger partial charge in [0.1, 0.15) is 0 Å². The largest absolute Gasteiger partial charge is 0.472 e. The summed E-state index contributed by atoms with van der Waals surface area (Å²) < 4.78 is 27.4. The summed E-state index contributed by atoms with van der Waals surface area (Å²) in [6.07, 6.45) is 3.03. The molecule has 60 valence electrons. The van der Waals surface area contributed by atoms with Crippen molar-refractivity contribution in [3.05, 3.63) is 23.7 Å². The standard InChI is InChI=1S/C7H8O3S/c1-5-7-3-10-2-6(7)4-11(5,8)9/h2-3,5H,4H2,1H3. The van der Waals surface area contributed by atoms with Crippen LogP contribution < -0.4 is 0 Å². The summed E-state index contributed by atoms with van der Waals surface area (Å²) in [6, 6.07) is 0. The third kappa shape index (κ3) is 0.822. The second-order valence-corrected chi connectivity index (χ2v) is 5.12. The van der Waals surface area contributed by atoms with Crippen LogP contribution >= 0.6 is 0 Å². The maximum Gasteiger partial charge on any atom is 0.161 e. The van der Waals surface area contributed by atoms with Crippen LogP contribution in [0, 0.1) is 0 Å². The summed E-state index contributed by atoms with van der Waals surface area (Å²) in [7, 11) is -2.90. The maximum atomic E-state index is 11.2. The van der Waals surface area contributed by atoms with Crippen molar-refractivity contribution in [2.75, 3.05) is 0 Å². The molecule has 0 radical (unpaired) electrons. The Morgan fingerprint density at radius 3 is 2.91 bits per heavy atom. The molecular weight excluding hydrogens is 164 g/mol. The van der Waals surface area contributed by atoms with E-state index in [9.17, 15) is 8.42 Å². The molecule has 0 fully saturated rings. The Morgan fingerprint density at radius 1 is 1.55 bits per heavy atom. The molecule has 0 saturated heterocycles. The summed E-state index contributed by atoms with van der Waals surface area (Å²) >= 11 is 0. The summed E-state index contributed by atoms with van der Waals surface area (Å²) in [4.78, 5) is 0. The van der Waals surface area contributed by atoms with E-state index >= 15 is 0 Å². The van der Waals surface area contributed by atoms with Crippen LogP contribution in [0.25, 0.3) is 0 Å². The molecule has 2 rings (SSSR count). The molecule has 1 aromatic rings. The Balaban J connectivity index is 2.62. The van der Waals surface area contributed by atoms with Gasteiger partial charge in [0.15, 0.2) is 9.84 Å². The number of fused-ring (bicyclic) bond motifs is 1. The first-order valence-corrected chi connectivity index (χ1v) is 5.09. The Morgan fingerprint density at radius 2 is 2.27 bits per heavy atom. The average molecular weight is 172 g/mol. The highest BCUT2D eigenvalue weighted by atomic mass is 32.2. The molecule has 0 aliphatic carbocycles. The van der Waals surface area contributed by atoms with Crippen LogP contribution in [0.4, 0.5) is 0 Å². The van der Waals surface area contributed by atoms with E-state index in [0.717, 1.165) is 11.1 Å². The van der Waals surface area contributed by atoms with Gasteiger partial charge in [-0.2, -0.15) is 0 Å². The van der Waals surface area contributed by atoms with Crippen molar-refractivity contribution in [1.29, 1.82) is 0 Å². The monoisotopic (exact) mass is 172 g/mol. The van der Waals surface area contributed by atoms with Gasteiger partial charge >= 0.3 is 0 Å². The first-order chi connectivity index (χ1) is 5.11. The van der Waals surface area contributed by atoms with Gasteiger partial charge in [-0.3, -0.25) is 0 Å². The maximum absolute atomic E-state index is 11.2. The normalized spacial score (nSPS) is 26.8. The van der Waals surface area contributed by atoms with Crippen molar-refractivity contribution in [3.8, 4) is 0 Å². The minimum absolute atomic E-state index is 0.139. The first kappa shape index (κ1) is 6.91. The smallest absolute Gasteiger partial charge is 0.161 e. The molecule has 0 N–H and O–H groups in total. The van der Waals surface area contributed by atoms with Crippen LogP contribution in [-0.2, 0) is 15.6 Å². The average Bonchev–Trinajstić information content (AvgIpc) is 2.39. The fourth-order valence-corrected chi connectivity index (χ4v) is 2.85. The molecule has 0 spiro atoms. The zero-order valence-corrected chi connectivity index (χ0v) is 6.89. The lowest BCUT2D eigenvalue weighted by molar-refractivity contribution is 0.554. The molecule has 3 nitrogen and oxygen atoms in total. The van der Waals surface area contributed by atoms with Crippen molar-refractivity contribution in [2.45, 2.75) is 17.9 Å². The van der Waals surface area contributed by atoms with E-state index in [-0.39, 0.29) is 11.0 Å². The molecule has 1 aliphatic heterocycles. The van der Waals surface area contributed by atoms with Crippen LogP contribution in [0.15, 0.2) is 16.9 Å². The topological polar surface area (TPSA) is 47.3 Å². The molecular formula is C7H8O3S. The molecule has 1 aromatic heterocycles. The summed E-state index contributed by atoms with van der Waals surface area (Å²) in [5.41, 5.74) is 1.64. The number of furan rings is 1. The zero-order chi connectivity index (χ0) is 8.06. The van der Waals surface area contributed by atoms with E-state index in [1.807, 2.05) is 0 Å². The lowest BCUT2D eigenvalue weighted by Crippen LogP contribution is -2.02. The fraction of sp³-hybridized carbons (Fsp3) is 0.429. The van der Waals surface area contributed by atoms with E-state index in [2.05, 4.69) is 0 Å². The number of hydrogen-bond donors (Lipinski definition) is 0. The SMILES string of the molecule is CC1c2cocc2CS1(=O)=O. The van der Waals surface area contributed by atoms with Crippen LogP contribution in [-0.4, -0.2) is 8.42 Å². The molecule has 1 aliphatic rings. The highest BCUT2D eigenvalue weighted by molar-refractivity contribution is 7.91. The third-order valence-electron chi connectivity index (χ3n) is 2.11. The van der Waals surface area contributed by atoms with E-state index in [4.69, 9.17) is 4.42 Å². The van der Waals surface area contributed by atoms with Crippen molar-refractivity contribution >= 4 is 9.84 Å². The molecule has 0 bridgehead atoms. The molecule has 0 saturated carbocycles. The molecule has 0 amide bonds. The van der Waals surface area contributed by atoms with Gasteiger partial charge in [-0.1, -0.05) is 0 Å². The van der Waals surface area contributed by atoms with Crippen LogP contribution in [0.1, 0.15) is 23.3 Å². The van der Waals surface area contributed by atoms with Gasteiger partial charge < -0.3 is 4.42 Å². The quantitative estimate of drug-likeness (QED) is 0.592. The van der Waals surface area contributed by atoms with Crippen LogP contribution in [0.2, 0.25) is 0 Å². The molecule has 11 heavy (non-hydrogen) atoms. The van der Waals surface area contributed by atoms with E-state index in [1.165, 1.54) is 12.5 Å². The Kier molecular flexibility index (Phi) is 1.18. The predicted octanol–water partition coefficient (Wildman–Crippen LogP) is 1.27. The van der Waals surface area contributed by atoms with Gasteiger partial charge in [0.05, 0.1) is 23.5 Å². The van der Waals surface area contributed by atoms with Crippen LogP contribution in [0.3, 0.4) is 0 Å². The second kappa shape index (κ2) is 1.88. The van der Waals surface area contributed by atoms with Gasteiger partial charge in [-0.15, -0.1) is 0 Å². The van der Waals surface area contributed by atoms with Crippen molar-refractivity contribution in [1.82, 2.24) is 0 Å². The molecule has 2 heterocycles. The number of rotatable bonds is 0. The highest BCUT2D eigenvalue weighted by Gasteiger charge is 2.34. The minimum Gasteiger partial charge on any atom is -0.472 e. The van der Waals surface area contributed by atoms with Gasteiger partial charge in [-0.05, 0) is 6.92 Å². The number of hydrogen-bond acceptors (Lipinski definition) is 3. The molecule has 1 unspecified atom stereocenters. The zero-order valence-electron chi connectivity index (χ0n) is 6.07. The lowest BCUT2D eigenvalue weighted by Gasteiger charge is -1.98. The Labute approximate surface area is 64.9 Å². The molecule has 4 heteroatoms. The Hall–Kier alpha value is -0.770. The van der Waals surface area contributed by atoms with Crippen molar-refractivity contribution < 1.29 is 12.8 Å². The lowest BCUT2D eigenvalue weighted by atomic mass is 10.2. The van der Waals surface area contributed by atoms with Crippen molar-refractivity contribution in [2.24, 2.45) is 0 Å². The predicted molar refractivity (Wildman–Crippen MR) is 39.7 cm³/mol. The minimum atomic E-state index is -2.90. The van der Waals surface area contributed by atoms with Gasteiger partial charge in [0, 0.05) is 11.1 Å². The summed E-state index contributed by atoms with van der Waals surface area (Å²) in [5, 5.41) is -0.378. The second-order valence-electron chi connectivity index (χ2n) is 2.80. The molecule has 0 aromatic carbocycles. The highest BCUT2D eigenvalue weighted by Crippen LogP contribution is 2.36. The van der Waals surface area contributed by atoms with E-state index in [0.29, 0.717) is 0 Å². The Bertz CT molecular complexity index is 374. The number of sulfone groups is 1. The summed E-state index contributed by atoms with van der Waals surface area (Å²) in [6.45, 7) is 1.69. The third-order valence-corrected chi connectivity index (χ3v) is 4.15. The van der Waals surface area contributed by atoms with Gasteiger partial charge in [0.2, 0.25) is 0 Å². The first-order valence-electron chi connectivity index (χ1n) is 3.38. The van der Waals surface area contributed by atoms with Gasteiger partial charge in [-0.25, -0.2) is 8.42 Å². The van der Waals surface area contributed by atoms with E-state index in [1.54, 1.807) is 6.92 Å².